The third-order valence-electron chi connectivity index (χ3n) is 0.802. The van der Waals surface area contributed by atoms with Crippen LogP contribution in [-0.2, 0) is 9.31 Å². The molecule has 0 spiro atoms. The molecule has 1 heterocycles. The van der Waals surface area contributed by atoms with Crippen LogP contribution >= 0.6 is 0 Å². The van der Waals surface area contributed by atoms with Crippen LogP contribution in [0.3, 0.4) is 0 Å². The quantitative estimate of drug-likeness (QED) is 0.427. The molecule has 1 aliphatic rings. The summed E-state index contributed by atoms with van der Waals surface area (Å²) < 4.78 is 9.35. The largest absolute Gasteiger partial charge is 0.488 e. The van der Waals surface area contributed by atoms with Gasteiger partial charge in [-0.1, -0.05) is 0 Å². The molecule has 1 saturated heterocycles. The number of hydrogen-bond acceptors (Lipinski definition) is 3. The molecule has 1 N–H and O–H groups in total. The Kier molecular flexibility index (Phi) is 1.67. The summed E-state index contributed by atoms with van der Waals surface area (Å²) in [7, 11) is 1.25. The van der Waals surface area contributed by atoms with Crippen LogP contribution in [0, 0.1) is 0 Å². The molecule has 1 aliphatic heterocycles. The summed E-state index contributed by atoms with van der Waals surface area (Å²) in [4.78, 5) is 0. The van der Waals surface area contributed by atoms with E-state index < -0.39 is 0 Å². The summed E-state index contributed by atoms with van der Waals surface area (Å²) in [5, 5.41) is 8.34. The first-order valence-electron chi connectivity index (χ1n) is 2.13. The SMILES string of the molecule is OCC1CO[B]O1. The molecule has 7 heavy (non-hydrogen) atoms. The average molecular weight is 101 g/mol. The highest BCUT2D eigenvalue weighted by Crippen LogP contribution is 1.97. The number of aliphatic hydroxyl groups is 1. The van der Waals surface area contributed by atoms with Crippen molar-refractivity contribution in [2.24, 2.45) is 0 Å². The van der Waals surface area contributed by atoms with Gasteiger partial charge in [0.15, 0.2) is 0 Å². The number of aliphatic hydroxyl groups excluding tert-OH is 1. The minimum atomic E-state index is -0.125. The van der Waals surface area contributed by atoms with Gasteiger partial charge in [-0.25, -0.2) is 0 Å². The molecule has 0 bridgehead atoms. The van der Waals surface area contributed by atoms with Gasteiger partial charge in [-0.2, -0.15) is 0 Å². The topological polar surface area (TPSA) is 38.7 Å². The lowest BCUT2D eigenvalue weighted by atomic mass is 10.4. The Hall–Kier alpha value is -0.0551. The predicted octanol–water partition coefficient (Wildman–Crippen LogP) is -1.07. The monoisotopic (exact) mass is 101 g/mol. The molecule has 1 unspecified atom stereocenters. The molecular formula is C3H6BO3. The Labute approximate surface area is 42.5 Å². The number of rotatable bonds is 1. The van der Waals surface area contributed by atoms with Crippen molar-refractivity contribution >= 4 is 7.69 Å². The summed E-state index contributed by atoms with van der Waals surface area (Å²) in [6, 6.07) is 0. The van der Waals surface area contributed by atoms with Gasteiger partial charge in [0.05, 0.1) is 19.3 Å². The minimum absolute atomic E-state index is 0.0382. The van der Waals surface area contributed by atoms with Gasteiger partial charge in [-0.05, 0) is 0 Å². The molecular weight excluding hydrogens is 94.8 g/mol. The zero-order chi connectivity index (χ0) is 5.11. The van der Waals surface area contributed by atoms with E-state index in [0.717, 1.165) is 0 Å². The maximum absolute atomic E-state index is 8.34. The first kappa shape index (κ1) is 5.09. The highest BCUT2D eigenvalue weighted by Gasteiger charge is 2.15. The lowest BCUT2D eigenvalue weighted by molar-refractivity contribution is 0.135. The fourth-order valence-electron chi connectivity index (χ4n) is 0.399. The van der Waals surface area contributed by atoms with E-state index in [1.165, 1.54) is 7.69 Å². The second-order valence-corrected chi connectivity index (χ2v) is 1.37. The maximum atomic E-state index is 8.34. The molecule has 1 atom stereocenters. The second-order valence-electron chi connectivity index (χ2n) is 1.37. The maximum Gasteiger partial charge on any atom is 0.488 e. The van der Waals surface area contributed by atoms with Crippen LogP contribution in [-0.4, -0.2) is 32.1 Å². The van der Waals surface area contributed by atoms with Crippen molar-refractivity contribution in [3.8, 4) is 0 Å². The molecule has 39 valence electrons. The Bertz CT molecular complexity index is 52.1. The fourth-order valence-corrected chi connectivity index (χ4v) is 0.399. The predicted molar refractivity (Wildman–Crippen MR) is 23.7 cm³/mol. The summed E-state index contributed by atoms with van der Waals surface area (Å²) in [6.07, 6.45) is -0.125. The average Bonchev–Trinajstić information content (AvgIpc) is 2.14. The van der Waals surface area contributed by atoms with Crippen LogP contribution in [0.25, 0.3) is 0 Å². The highest BCUT2D eigenvalue weighted by atomic mass is 16.6. The smallest absolute Gasteiger partial charge is 0.410 e. The normalized spacial score (nSPS) is 30.1. The fraction of sp³-hybridized carbons (Fsp3) is 1.00. The van der Waals surface area contributed by atoms with Gasteiger partial charge in [0.1, 0.15) is 0 Å². The molecule has 1 rings (SSSR count). The van der Waals surface area contributed by atoms with E-state index >= 15 is 0 Å². The van der Waals surface area contributed by atoms with Crippen LogP contribution in [0.1, 0.15) is 0 Å². The van der Waals surface area contributed by atoms with Gasteiger partial charge in [0, 0.05) is 0 Å². The summed E-state index contributed by atoms with van der Waals surface area (Å²) in [6.45, 7) is 0.521. The van der Waals surface area contributed by atoms with Gasteiger partial charge >= 0.3 is 7.69 Å². The molecule has 1 fully saturated rings. The van der Waals surface area contributed by atoms with Crippen LogP contribution < -0.4 is 0 Å². The van der Waals surface area contributed by atoms with E-state index in [1.807, 2.05) is 0 Å². The van der Waals surface area contributed by atoms with Crippen molar-refractivity contribution in [2.75, 3.05) is 13.2 Å². The summed E-state index contributed by atoms with van der Waals surface area (Å²) in [5.41, 5.74) is 0. The molecule has 0 saturated carbocycles. The van der Waals surface area contributed by atoms with Crippen molar-refractivity contribution < 1.29 is 14.4 Å². The van der Waals surface area contributed by atoms with E-state index in [4.69, 9.17) is 9.76 Å². The Balaban J connectivity index is 2.14. The third-order valence-corrected chi connectivity index (χ3v) is 0.802. The van der Waals surface area contributed by atoms with E-state index in [2.05, 4.69) is 4.65 Å². The Morgan fingerprint density at radius 2 is 2.71 bits per heavy atom. The highest BCUT2D eigenvalue weighted by molar-refractivity contribution is 6.18. The second kappa shape index (κ2) is 2.30. The van der Waals surface area contributed by atoms with Crippen molar-refractivity contribution in [2.45, 2.75) is 6.10 Å². The number of hydrogen-bond donors (Lipinski definition) is 1. The third kappa shape index (κ3) is 1.16. The van der Waals surface area contributed by atoms with Crippen LogP contribution in [0.2, 0.25) is 0 Å². The molecule has 0 aromatic rings. The van der Waals surface area contributed by atoms with Crippen LogP contribution in [0.15, 0.2) is 0 Å². The van der Waals surface area contributed by atoms with Crippen LogP contribution in [0.4, 0.5) is 0 Å². The van der Waals surface area contributed by atoms with Gasteiger partial charge in [0.2, 0.25) is 0 Å². The van der Waals surface area contributed by atoms with Crippen molar-refractivity contribution in [3.63, 3.8) is 0 Å². The molecule has 0 aromatic carbocycles. The molecule has 0 aromatic heterocycles. The summed E-state index contributed by atoms with van der Waals surface area (Å²) in [5.74, 6) is 0. The zero-order valence-corrected chi connectivity index (χ0v) is 3.83. The molecule has 0 aliphatic carbocycles. The van der Waals surface area contributed by atoms with E-state index in [9.17, 15) is 0 Å². The van der Waals surface area contributed by atoms with E-state index in [0.29, 0.717) is 6.61 Å². The van der Waals surface area contributed by atoms with E-state index in [-0.39, 0.29) is 12.7 Å². The molecule has 1 radical (unpaired) electrons. The minimum Gasteiger partial charge on any atom is -0.410 e. The lowest BCUT2D eigenvalue weighted by Gasteiger charge is -1.99. The molecule has 3 nitrogen and oxygen atoms in total. The summed E-state index contributed by atoms with van der Waals surface area (Å²) >= 11 is 0. The zero-order valence-electron chi connectivity index (χ0n) is 3.83. The van der Waals surface area contributed by atoms with Gasteiger partial charge in [0.25, 0.3) is 0 Å². The van der Waals surface area contributed by atoms with Gasteiger partial charge in [-0.15, -0.1) is 0 Å². The Morgan fingerprint density at radius 3 is 3.00 bits per heavy atom. The van der Waals surface area contributed by atoms with E-state index in [1.54, 1.807) is 0 Å². The van der Waals surface area contributed by atoms with Crippen LogP contribution in [0.5, 0.6) is 0 Å². The first-order chi connectivity index (χ1) is 3.43. The van der Waals surface area contributed by atoms with Gasteiger partial charge in [-0.3, -0.25) is 0 Å². The van der Waals surface area contributed by atoms with Gasteiger partial charge < -0.3 is 14.4 Å². The standard InChI is InChI=1S/C3H6BO3/c5-1-3-2-6-4-7-3/h3,5H,1-2H2. The van der Waals surface area contributed by atoms with Crippen molar-refractivity contribution in [1.29, 1.82) is 0 Å². The van der Waals surface area contributed by atoms with Crippen molar-refractivity contribution in [1.82, 2.24) is 0 Å². The first-order valence-corrected chi connectivity index (χ1v) is 2.13. The molecule has 4 heteroatoms. The molecule has 0 amide bonds. The van der Waals surface area contributed by atoms with Crippen molar-refractivity contribution in [3.05, 3.63) is 0 Å². The lowest BCUT2D eigenvalue weighted by Crippen LogP contribution is -2.13. The Morgan fingerprint density at radius 1 is 1.86 bits per heavy atom.